The van der Waals surface area contributed by atoms with Crippen LogP contribution in [0, 0.1) is 11.3 Å². The zero-order valence-corrected chi connectivity index (χ0v) is 12.4. The van der Waals surface area contributed by atoms with Gasteiger partial charge in [0.15, 0.2) is 9.84 Å². The van der Waals surface area contributed by atoms with Crippen molar-refractivity contribution in [2.45, 2.75) is 23.7 Å². The third kappa shape index (κ3) is 2.67. The van der Waals surface area contributed by atoms with Crippen molar-refractivity contribution in [3.8, 4) is 6.07 Å². The SMILES string of the molecule is N#CCS(=O)(=O)c1ccc2[nH]cc(C3CCNCC3)c2c1. The number of sulfone groups is 1. The molecule has 0 amide bonds. The number of nitrogens with zero attached hydrogens (tertiary/aromatic N) is 1. The van der Waals surface area contributed by atoms with Gasteiger partial charge in [0, 0.05) is 17.1 Å². The number of piperidine rings is 1. The summed E-state index contributed by atoms with van der Waals surface area (Å²) >= 11 is 0. The van der Waals surface area contributed by atoms with E-state index in [9.17, 15) is 8.42 Å². The van der Waals surface area contributed by atoms with Gasteiger partial charge in [0.05, 0.1) is 11.0 Å². The average Bonchev–Trinajstić information content (AvgIpc) is 2.91. The van der Waals surface area contributed by atoms with Crippen molar-refractivity contribution in [1.29, 1.82) is 5.26 Å². The number of aromatic nitrogens is 1. The third-order valence-corrected chi connectivity index (χ3v) is 5.56. The number of hydrogen-bond acceptors (Lipinski definition) is 4. The van der Waals surface area contributed by atoms with Gasteiger partial charge in [0.25, 0.3) is 0 Å². The van der Waals surface area contributed by atoms with E-state index in [2.05, 4.69) is 10.3 Å². The summed E-state index contributed by atoms with van der Waals surface area (Å²) in [5, 5.41) is 12.9. The van der Waals surface area contributed by atoms with Crippen LogP contribution in [0.25, 0.3) is 10.9 Å². The first-order chi connectivity index (χ1) is 10.1. The van der Waals surface area contributed by atoms with Gasteiger partial charge in [-0.3, -0.25) is 0 Å². The third-order valence-electron chi connectivity index (χ3n) is 4.08. The molecular weight excluding hydrogens is 286 g/mol. The monoisotopic (exact) mass is 303 g/mol. The molecule has 5 nitrogen and oxygen atoms in total. The normalized spacial score (nSPS) is 16.9. The highest BCUT2D eigenvalue weighted by Crippen LogP contribution is 2.32. The second-order valence-corrected chi connectivity index (χ2v) is 7.38. The number of fused-ring (bicyclic) bond motifs is 1. The first kappa shape index (κ1) is 14.1. The molecule has 21 heavy (non-hydrogen) atoms. The predicted molar refractivity (Wildman–Crippen MR) is 80.8 cm³/mol. The Balaban J connectivity index is 2.06. The number of hydrogen-bond donors (Lipinski definition) is 2. The first-order valence-electron chi connectivity index (χ1n) is 7.03. The Morgan fingerprint density at radius 3 is 2.76 bits per heavy atom. The smallest absolute Gasteiger partial charge is 0.191 e. The molecule has 1 aliphatic rings. The zero-order chi connectivity index (χ0) is 14.9. The summed E-state index contributed by atoms with van der Waals surface area (Å²) in [5.41, 5.74) is 2.12. The molecular formula is C15H17N3O2S. The summed E-state index contributed by atoms with van der Waals surface area (Å²) in [6, 6.07) is 6.78. The van der Waals surface area contributed by atoms with E-state index in [0.29, 0.717) is 5.92 Å². The van der Waals surface area contributed by atoms with Crippen molar-refractivity contribution in [2.24, 2.45) is 0 Å². The second kappa shape index (κ2) is 5.51. The van der Waals surface area contributed by atoms with Crippen molar-refractivity contribution < 1.29 is 8.42 Å². The van der Waals surface area contributed by atoms with Gasteiger partial charge >= 0.3 is 0 Å². The van der Waals surface area contributed by atoms with Crippen molar-refractivity contribution in [1.82, 2.24) is 10.3 Å². The number of nitriles is 1. The molecule has 6 heteroatoms. The van der Waals surface area contributed by atoms with Crippen molar-refractivity contribution in [2.75, 3.05) is 18.8 Å². The molecule has 1 aromatic carbocycles. The lowest BCUT2D eigenvalue weighted by Gasteiger charge is -2.22. The van der Waals surface area contributed by atoms with Gasteiger partial charge in [-0.1, -0.05) is 0 Å². The quantitative estimate of drug-likeness (QED) is 0.907. The van der Waals surface area contributed by atoms with E-state index in [1.165, 1.54) is 5.56 Å². The van der Waals surface area contributed by atoms with E-state index in [-0.39, 0.29) is 4.90 Å². The molecule has 0 radical (unpaired) electrons. The number of nitrogens with one attached hydrogen (secondary N) is 2. The van der Waals surface area contributed by atoms with Crippen LogP contribution >= 0.6 is 0 Å². The molecule has 0 spiro atoms. The topological polar surface area (TPSA) is 85.8 Å². The fourth-order valence-corrected chi connectivity index (χ4v) is 3.86. The summed E-state index contributed by atoms with van der Waals surface area (Å²) in [6.45, 7) is 1.98. The van der Waals surface area contributed by atoms with Crippen molar-refractivity contribution in [3.63, 3.8) is 0 Å². The lowest BCUT2D eigenvalue weighted by Crippen LogP contribution is -2.26. The highest BCUT2D eigenvalue weighted by atomic mass is 32.2. The Labute approximate surface area is 123 Å². The highest BCUT2D eigenvalue weighted by molar-refractivity contribution is 7.91. The molecule has 110 valence electrons. The molecule has 0 aliphatic carbocycles. The molecule has 3 rings (SSSR count). The van der Waals surface area contributed by atoms with E-state index >= 15 is 0 Å². The highest BCUT2D eigenvalue weighted by Gasteiger charge is 2.20. The van der Waals surface area contributed by atoms with Crippen LogP contribution in [0.4, 0.5) is 0 Å². The molecule has 0 atom stereocenters. The number of aromatic amines is 1. The molecule has 1 saturated heterocycles. The summed E-state index contributed by atoms with van der Waals surface area (Å²) in [5.74, 6) is -0.0278. The largest absolute Gasteiger partial charge is 0.361 e. The van der Waals surface area contributed by atoms with E-state index < -0.39 is 15.6 Å². The Bertz CT molecular complexity index is 796. The van der Waals surface area contributed by atoms with Gasteiger partial charge in [-0.25, -0.2) is 8.42 Å². The summed E-state index contributed by atoms with van der Waals surface area (Å²) in [6.07, 6.45) is 4.10. The molecule has 0 saturated carbocycles. The van der Waals surface area contributed by atoms with E-state index in [4.69, 9.17) is 5.26 Å². The van der Waals surface area contributed by atoms with Crippen LogP contribution in [0.5, 0.6) is 0 Å². The predicted octanol–water partition coefficient (Wildman–Crippen LogP) is 1.93. The fourth-order valence-electron chi connectivity index (χ4n) is 2.95. The molecule has 1 aromatic heterocycles. The lowest BCUT2D eigenvalue weighted by molar-refractivity contribution is 0.462. The first-order valence-corrected chi connectivity index (χ1v) is 8.68. The van der Waals surface area contributed by atoms with Crippen molar-refractivity contribution in [3.05, 3.63) is 30.0 Å². The number of rotatable bonds is 3. The molecule has 0 bridgehead atoms. The maximum Gasteiger partial charge on any atom is 0.191 e. The minimum Gasteiger partial charge on any atom is -0.361 e. The summed E-state index contributed by atoms with van der Waals surface area (Å²) in [4.78, 5) is 3.44. The lowest BCUT2D eigenvalue weighted by atomic mass is 9.90. The molecule has 0 unspecified atom stereocenters. The van der Waals surface area contributed by atoms with Gasteiger partial charge < -0.3 is 10.3 Å². The number of H-pyrrole nitrogens is 1. The molecule has 2 aromatic rings. The standard InChI is InChI=1S/C15H17N3O2S/c16-5-8-21(19,20)12-1-2-15-13(9-12)14(10-18-15)11-3-6-17-7-4-11/h1-2,9-11,17-18H,3-4,6-8H2. The van der Waals surface area contributed by atoms with Crippen LogP contribution in [0.1, 0.15) is 24.3 Å². The molecule has 2 heterocycles. The molecule has 1 aliphatic heterocycles. The van der Waals surface area contributed by atoms with Gasteiger partial charge in [-0.05, 0) is 55.6 Å². The van der Waals surface area contributed by atoms with Gasteiger partial charge in [-0.2, -0.15) is 5.26 Å². The van der Waals surface area contributed by atoms with Crippen LogP contribution in [0.15, 0.2) is 29.3 Å². The maximum atomic E-state index is 12.0. The Kier molecular flexibility index (Phi) is 3.70. The Morgan fingerprint density at radius 2 is 2.05 bits per heavy atom. The zero-order valence-electron chi connectivity index (χ0n) is 11.6. The maximum absolute atomic E-state index is 12.0. The van der Waals surface area contributed by atoms with E-state index in [1.807, 2.05) is 6.20 Å². The Morgan fingerprint density at radius 1 is 1.29 bits per heavy atom. The van der Waals surface area contributed by atoms with E-state index in [0.717, 1.165) is 36.8 Å². The fraction of sp³-hybridized carbons (Fsp3) is 0.400. The van der Waals surface area contributed by atoms with Crippen LogP contribution in [0.2, 0.25) is 0 Å². The summed E-state index contributed by atoms with van der Waals surface area (Å²) < 4.78 is 24.1. The van der Waals surface area contributed by atoms with Crippen LogP contribution < -0.4 is 5.32 Å². The average molecular weight is 303 g/mol. The number of benzene rings is 1. The van der Waals surface area contributed by atoms with Crippen LogP contribution in [-0.2, 0) is 9.84 Å². The van der Waals surface area contributed by atoms with Gasteiger partial charge in [0.1, 0.15) is 5.75 Å². The molecule has 1 fully saturated rings. The van der Waals surface area contributed by atoms with Crippen LogP contribution in [0.3, 0.4) is 0 Å². The van der Waals surface area contributed by atoms with E-state index in [1.54, 1.807) is 24.3 Å². The van der Waals surface area contributed by atoms with Gasteiger partial charge in [-0.15, -0.1) is 0 Å². The summed E-state index contributed by atoms with van der Waals surface area (Å²) in [7, 11) is -3.51. The Hall–Kier alpha value is -1.84. The minimum absolute atomic E-state index is 0.228. The van der Waals surface area contributed by atoms with Crippen LogP contribution in [-0.4, -0.2) is 32.2 Å². The molecule has 2 N–H and O–H groups in total. The minimum atomic E-state index is -3.51. The van der Waals surface area contributed by atoms with Gasteiger partial charge in [0.2, 0.25) is 0 Å². The second-order valence-electron chi connectivity index (χ2n) is 5.39. The van der Waals surface area contributed by atoms with Crippen molar-refractivity contribution >= 4 is 20.7 Å².